The second-order valence-corrected chi connectivity index (χ2v) is 9.90. The van der Waals surface area contributed by atoms with Gasteiger partial charge in [0.1, 0.15) is 0 Å². The number of hydrogen-bond donors (Lipinski definition) is 1. The van der Waals surface area contributed by atoms with Gasteiger partial charge in [0.25, 0.3) is 5.91 Å². The van der Waals surface area contributed by atoms with Crippen LogP contribution in [0.2, 0.25) is 5.02 Å². The van der Waals surface area contributed by atoms with Crippen molar-refractivity contribution in [2.45, 2.75) is 64.5 Å². The highest BCUT2D eigenvalue weighted by Gasteiger charge is 2.48. The van der Waals surface area contributed by atoms with Gasteiger partial charge in [-0.05, 0) is 60.3 Å². The number of carbonyl (C=O) groups excluding carboxylic acids is 1. The van der Waals surface area contributed by atoms with Crippen molar-refractivity contribution in [1.29, 1.82) is 0 Å². The van der Waals surface area contributed by atoms with Crippen LogP contribution >= 0.6 is 11.6 Å². The van der Waals surface area contributed by atoms with Crippen LogP contribution < -0.4 is 5.32 Å². The molecule has 4 nitrogen and oxygen atoms in total. The molecule has 1 spiro atoms. The van der Waals surface area contributed by atoms with Crippen LogP contribution in [0.3, 0.4) is 0 Å². The normalized spacial score (nSPS) is 17.9. The van der Waals surface area contributed by atoms with Crippen LogP contribution in [0.15, 0.2) is 42.6 Å². The van der Waals surface area contributed by atoms with Gasteiger partial charge in [-0.2, -0.15) is 5.10 Å². The third kappa shape index (κ3) is 3.41. The van der Waals surface area contributed by atoms with Crippen LogP contribution in [0.1, 0.15) is 73.4 Å². The second kappa shape index (κ2) is 7.42. The Kier molecular flexibility index (Phi) is 4.85. The molecule has 1 amide bonds. The first kappa shape index (κ1) is 19.6. The van der Waals surface area contributed by atoms with Gasteiger partial charge in [-0.3, -0.25) is 9.48 Å². The summed E-state index contributed by atoms with van der Waals surface area (Å²) in [6.45, 7) is 4.99. The number of fused-ring (bicyclic) bond motifs is 1. The maximum atomic E-state index is 13.1. The molecule has 1 heterocycles. The van der Waals surface area contributed by atoms with Crippen molar-refractivity contribution in [3.8, 4) is 0 Å². The van der Waals surface area contributed by atoms with E-state index in [9.17, 15) is 4.79 Å². The monoisotopic (exact) mass is 421 g/mol. The fourth-order valence-electron chi connectivity index (χ4n) is 5.09. The first-order chi connectivity index (χ1) is 14.4. The Balaban J connectivity index is 1.40. The van der Waals surface area contributed by atoms with E-state index < -0.39 is 0 Å². The third-order valence-corrected chi connectivity index (χ3v) is 7.41. The van der Waals surface area contributed by atoms with Crippen molar-refractivity contribution >= 4 is 28.4 Å². The zero-order valence-corrected chi connectivity index (χ0v) is 18.4. The van der Waals surface area contributed by atoms with Gasteiger partial charge >= 0.3 is 0 Å². The number of benzene rings is 2. The van der Waals surface area contributed by atoms with Gasteiger partial charge in [-0.1, -0.05) is 56.1 Å². The average Bonchev–Trinajstić information content (AvgIpc) is 3.08. The van der Waals surface area contributed by atoms with E-state index >= 15 is 0 Å². The lowest BCUT2D eigenvalue weighted by Gasteiger charge is -2.54. The Hall–Kier alpha value is -2.33. The summed E-state index contributed by atoms with van der Waals surface area (Å²) in [6.07, 6.45) is 8.01. The molecule has 0 atom stereocenters. The van der Waals surface area contributed by atoms with Gasteiger partial charge < -0.3 is 5.32 Å². The number of nitrogens with one attached hydrogen (secondary N) is 1. The van der Waals surface area contributed by atoms with E-state index in [1.54, 1.807) is 12.3 Å². The molecule has 2 fully saturated rings. The molecule has 2 saturated carbocycles. The zero-order valence-electron chi connectivity index (χ0n) is 17.6. The highest BCUT2D eigenvalue weighted by Crippen LogP contribution is 2.55. The Morgan fingerprint density at radius 1 is 1.20 bits per heavy atom. The molecule has 156 valence electrons. The number of halogens is 1. The van der Waals surface area contributed by atoms with Gasteiger partial charge in [0, 0.05) is 11.4 Å². The lowest BCUT2D eigenvalue weighted by atomic mass is 9.54. The van der Waals surface area contributed by atoms with Crippen molar-refractivity contribution < 1.29 is 4.79 Å². The van der Waals surface area contributed by atoms with Crippen LogP contribution in [-0.2, 0) is 6.54 Å². The number of amides is 1. The molecule has 2 aliphatic rings. The largest absolute Gasteiger partial charge is 0.349 e. The van der Waals surface area contributed by atoms with Crippen LogP contribution in [-0.4, -0.2) is 21.7 Å². The van der Waals surface area contributed by atoms with E-state index in [0.717, 1.165) is 29.3 Å². The fraction of sp³-hybridized carbons (Fsp3) is 0.440. The Labute approximate surface area is 182 Å². The topological polar surface area (TPSA) is 46.9 Å². The molecule has 0 radical (unpaired) electrons. The Bertz CT molecular complexity index is 1090. The number of nitrogens with zero attached hydrogens (tertiary/aromatic N) is 2. The number of hydrogen-bond acceptors (Lipinski definition) is 2. The van der Waals surface area contributed by atoms with E-state index in [1.165, 1.54) is 24.8 Å². The minimum atomic E-state index is -0.0206. The maximum absolute atomic E-state index is 13.1. The highest BCUT2D eigenvalue weighted by molar-refractivity contribution is 6.36. The predicted molar refractivity (Wildman–Crippen MR) is 121 cm³/mol. The molecule has 1 N–H and O–H groups in total. The zero-order chi connectivity index (χ0) is 20.9. The van der Waals surface area contributed by atoms with Crippen LogP contribution in [0, 0.1) is 5.41 Å². The first-order valence-electron chi connectivity index (χ1n) is 11.0. The summed E-state index contributed by atoms with van der Waals surface area (Å²) in [4.78, 5) is 13.1. The van der Waals surface area contributed by atoms with Gasteiger partial charge in [0.2, 0.25) is 0 Å². The molecule has 2 aliphatic carbocycles. The SMILES string of the molecule is CC(C)c1ccc(Cn2ncc3c(Cl)ccc(C(=O)NC4CC5(CCC5)C4)c32)cc1. The van der Waals surface area contributed by atoms with Crippen molar-refractivity contribution in [3.05, 3.63) is 64.3 Å². The van der Waals surface area contributed by atoms with Gasteiger partial charge in [0.05, 0.1) is 28.8 Å². The summed E-state index contributed by atoms with van der Waals surface area (Å²) in [7, 11) is 0. The van der Waals surface area contributed by atoms with E-state index in [1.807, 2.05) is 10.7 Å². The van der Waals surface area contributed by atoms with Gasteiger partial charge in [0.15, 0.2) is 0 Å². The number of carbonyl (C=O) groups is 1. The van der Waals surface area contributed by atoms with Crippen LogP contribution in [0.25, 0.3) is 10.9 Å². The molecule has 5 heteroatoms. The molecule has 0 unspecified atom stereocenters. The summed E-state index contributed by atoms with van der Waals surface area (Å²) in [6, 6.07) is 12.5. The Morgan fingerprint density at radius 2 is 1.93 bits per heavy atom. The molecule has 30 heavy (non-hydrogen) atoms. The molecule has 0 aliphatic heterocycles. The van der Waals surface area contributed by atoms with E-state index in [2.05, 4.69) is 48.5 Å². The number of rotatable bonds is 5. The standard InChI is InChI=1S/C25H28ClN3O/c1-16(2)18-6-4-17(5-7-18)15-29-23-20(8-9-22(26)21(23)14-27-29)24(30)28-19-12-25(13-19)10-3-11-25/h4-9,14,16,19H,3,10-13,15H2,1-2H3,(H,28,30). The van der Waals surface area contributed by atoms with E-state index in [4.69, 9.17) is 11.6 Å². The first-order valence-corrected chi connectivity index (χ1v) is 11.4. The molecule has 0 saturated heterocycles. The summed E-state index contributed by atoms with van der Waals surface area (Å²) >= 11 is 6.43. The van der Waals surface area contributed by atoms with Crippen molar-refractivity contribution in [2.24, 2.45) is 5.41 Å². The van der Waals surface area contributed by atoms with Crippen LogP contribution in [0.5, 0.6) is 0 Å². The highest BCUT2D eigenvalue weighted by atomic mass is 35.5. The number of aromatic nitrogens is 2. The lowest BCUT2D eigenvalue weighted by Crippen LogP contribution is -2.53. The fourth-order valence-corrected chi connectivity index (χ4v) is 5.29. The minimum Gasteiger partial charge on any atom is -0.349 e. The molecular weight excluding hydrogens is 394 g/mol. The summed E-state index contributed by atoms with van der Waals surface area (Å²) in [5, 5.41) is 9.26. The summed E-state index contributed by atoms with van der Waals surface area (Å²) < 4.78 is 1.90. The third-order valence-electron chi connectivity index (χ3n) is 7.08. The molecule has 5 rings (SSSR count). The molecular formula is C25H28ClN3O. The molecule has 0 bridgehead atoms. The summed E-state index contributed by atoms with van der Waals surface area (Å²) in [5.74, 6) is 0.483. The van der Waals surface area contributed by atoms with Gasteiger partial charge in [-0.25, -0.2) is 0 Å². The van der Waals surface area contributed by atoms with Crippen LogP contribution in [0.4, 0.5) is 0 Å². The minimum absolute atomic E-state index is 0.0206. The Morgan fingerprint density at radius 3 is 2.57 bits per heavy atom. The predicted octanol–water partition coefficient (Wildman–Crippen LogP) is 5.92. The summed E-state index contributed by atoms with van der Waals surface area (Å²) in [5.41, 5.74) is 4.47. The quantitative estimate of drug-likeness (QED) is 0.555. The average molecular weight is 422 g/mol. The van der Waals surface area contributed by atoms with Gasteiger partial charge in [-0.15, -0.1) is 0 Å². The smallest absolute Gasteiger partial charge is 0.253 e. The van der Waals surface area contributed by atoms with E-state index in [0.29, 0.717) is 34.5 Å². The van der Waals surface area contributed by atoms with Crippen molar-refractivity contribution in [1.82, 2.24) is 15.1 Å². The van der Waals surface area contributed by atoms with Crippen molar-refractivity contribution in [3.63, 3.8) is 0 Å². The maximum Gasteiger partial charge on any atom is 0.253 e. The van der Waals surface area contributed by atoms with E-state index in [-0.39, 0.29) is 5.91 Å². The molecule has 3 aromatic rings. The van der Waals surface area contributed by atoms with Crippen molar-refractivity contribution in [2.75, 3.05) is 0 Å². The lowest BCUT2D eigenvalue weighted by molar-refractivity contribution is -0.000603. The molecule has 1 aromatic heterocycles. The second-order valence-electron chi connectivity index (χ2n) is 9.49. The molecule has 2 aromatic carbocycles.